The second-order valence-corrected chi connectivity index (χ2v) is 4.48. The van der Waals surface area contributed by atoms with Crippen LogP contribution in [0.5, 0.6) is 0 Å². The van der Waals surface area contributed by atoms with E-state index in [0.717, 1.165) is 5.56 Å². The van der Waals surface area contributed by atoms with Gasteiger partial charge in [-0.2, -0.15) is 5.10 Å². The molecule has 7 heteroatoms. The van der Waals surface area contributed by atoms with Crippen LogP contribution < -0.4 is 5.32 Å². The third-order valence-corrected chi connectivity index (χ3v) is 3.04. The first-order valence-electron chi connectivity index (χ1n) is 6.56. The number of aromatic nitrogens is 2. The summed E-state index contributed by atoms with van der Waals surface area (Å²) in [4.78, 5) is 14.3. The molecule has 1 heterocycles. The van der Waals surface area contributed by atoms with E-state index in [1.54, 1.807) is 37.0 Å². The van der Waals surface area contributed by atoms with Gasteiger partial charge in [-0.25, -0.2) is 0 Å². The quantitative estimate of drug-likeness (QED) is 0.680. The van der Waals surface area contributed by atoms with E-state index in [9.17, 15) is 4.79 Å². The van der Waals surface area contributed by atoms with Gasteiger partial charge in [-0.3, -0.25) is 9.48 Å². The zero-order chi connectivity index (χ0) is 15.0. The van der Waals surface area contributed by atoms with Crippen LogP contribution in [0.4, 0.5) is 0 Å². The Morgan fingerprint density at radius 1 is 1.40 bits per heavy atom. The number of amides is 1. The molecule has 0 saturated heterocycles. The summed E-state index contributed by atoms with van der Waals surface area (Å²) in [5, 5.41) is 7.15. The molecular weight excluding hydrogens is 260 g/mol. The Hall–Kier alpha value is -1.44. The summed E-state index contributed by atoms with van der Waals surface area (Å²) in [6.07, 6.45) is 3.54. The molecule has 20 heavy (non-hydrogen) atoms. The number of likely N-dealkylation sites (N-methyl/N-ethyl adjacent to an activating group) is 1. The third-order valence-electron chi connectivity index (χ3n) is 3.04. The number of methoxy groups -OCH3 is 2. The molecule has 0 spiro atoms. The van der Waals surface area contributed by atoms with Crippen LogP contribution in [0, 0.1) is 0 Å². The van der Waals surface area contributed by atoms with Crippen molar-refractivity contribution in [1.82, 2.24) is 20.0 Å². The van der Waals surface area contributed by atoms with Gasteiger partial charge in [0.05, 0.1) is 19.4 Å². The van der Waals surface area contributed by atoms with E-state index >= 15 is 0 Å². The molecule has 1 N–H and O–H groups in total. The minimum absolute atomic E-state index is 0.00500. The molecule has 1 amide bonds. The van der Waals surface area contributed by atoms with E-state index in [4.69, 9.17) is 9.47 Å². The first kappa shape index (κ1) is 16.6. The van der Waals surface area contributed by atoms with Gasteiger partial charge < -0.3 is 19.7 Å². The highest BCUT2D eigenvalue weighted by molar-refractivity contribution is 5.83. The number of nitrogens with zero attached hydrogens (tertiary/aromatic N) is 3. The maximum atomic E-state index is 12.6. The number of ether oxygens (including phenoxy) is 2. The van der Waals surface area contributed by atoms with Crippen molar-refractivity contribution in [3.63, 3.8) is 0 Å². The van der Waals surface area contributed by atoms with Crippen molar-refractivity contribution in [2.75, 3.05) is 47.6 Å². The van der Waals surface area contributed by atoms with Gasteiger partial charge in [0.1, 0.15) is 6.04 Å². The minimum Gasteiger partial charge on any atom is -0.383 e. The molecule has 0 aromatic carbocycles. The summed E-state index contributed by atoms with van der Waals surface area (Å²) in [7, 11) is 6.83. The minimum atomic E-state index is -0.405. The molecule has 7 nitrogen and oxygen atoms in total. The SMILES string of the molecule is CNC(C(=O)N(CCOC)CCOC)c1cnn(C)c1. The topological polar surface area (TPSA) is 68.6 Å². The van der Waals surface area contributed by atoms with Crippen molar-refractivity contribution >= 4 is 5.91 Å². The monoisotopic (exact) mass is 284 g/mol. The van der Waals surface area contributed by atoms with Gasteiger partial charge in [-0.15, -0.1) is 0 Å². The summed E-state index contributed by atoms with van der Waals surface area (Å²) in [6.45, 7) is 2.08. The lowest BCUT2D eigenvalue weighted by atomic mass is 10.1. The number of carbonyl (C=O) groups excluding carboxylic acids is 1. The number of hydrogen-bond acceptors (Lipinski definition) is 5. The molecule has 0 saturated carbocycles. The molecule has 0 fully saturated rings. The van der Waals surface area contributed by atoms with Crippen molar-refractivity contribution < 1.29 is 14.3 Å². The lowest BCUT2D eigenvalue weighted by Gasteiger charge is -2.26. The Morgan fingerprint density at radius 3 is 2.40 bits per heavy atom. The lowest BCUT2D eigenvalue weighted by Crippen LogP contribution is -2.43. The maximum absolute atomic E-state index is 12.6. The van der Waals surface area contributed by atoms with E-state index in [1.807, 2.05) is 13.2 Å². The average molecular weight is 284 g/mol. The standard InChI is InChI=1S/C13H24N4O3/c1-14-12(11-9-15-16(2)10-11)13(18)17(5-7-19-3)6-8-20-4/h9-10,12,14H,5-8H2,1-4H3. The fourth-order valence-corrected chi connectivity index (χ4v) is 1.94. The maximum Gasteiger partial charge on any atom is 0.244 e. The van der Waals surface area contributed by atoms with Crippen LogP contribution in [0.2, 0.25) is 0 Å². The fourth-order valence-electron chi connectivity index (χ4n) is 1.94. The summed E-state index contributed by atoms with van der Waals surface area (Å²) in [5.41, 5.74) is 0.847. The number of nitrogens with one attached hydrogen (secondary N) is 1. The number of rotatable bonds is 9. The normalized spacial score (nSPS) is 12.4. The third kappa shape index (κ3) is 4.59. The number of carbonyl (C=O) groups is 1. The Labute approximate surface area is 119 Å². The predicted octanol–water partition coefficient (Wildman–Crippen LogP) is -0.198. The zero-order valence-electron chi connectivity index (χ0n) is 12.6. The smallest absolute Gasteiger partial charge is 0.244 e. The highest BCUT2D eigenvalue weighted by Gasteiger charge is 2.25. The van der Waals surface area contributed by atoms with E-state index in [1.165, 1.54) is 0 Å². The van der Waals surface area contributed by atoms with Crippen LogP contribution >= 0.6 is 0 Å². The molecule has 1 aromatic rings. The van der Waals surface area contributed by atoms with Crippen molar-refractivity contribution in [3.05, 3.63) is 18.0 Å². The zero-order valence-corrected chi connectivity index (χ0v) is 12.6. The van der Waals surface area contributed by atoms with Gasteiger partial charge >= 0.3 is 0 Å². The van der Waals surface area contributed by atoms with E-state index in [2.05, 4.69) is 10.4 Å². The van der Waals surface area contributed by atoms with E-state index in [0.29, 0.717) is 26.3 Å². The highest BCUT2D eigenvalue weighted by Crippen LogP contribution is 2.14. The van der Waals surface area contributed by atoms with Crippen LogP contribution in [-0.2, 0) is 21.3 Å². The van der Waals surface area contributed by atoms with Crippen LogP contribution in [0.15, 0.2) is 12.4 Å². The summed E-state index contributed by atoms with van der Waals surface area (Å²) < 4.78 is 11.8. The van der Waals surface area contributed by atoms with Crippen molar-refractivity contribution in [3.8, 4) is 0 Å². The average Bonchev–Trinajstić information content (AvgIpc) is 2.86. The molecule has 0 bridgehead atoms. The van der Waals surface area contributed by atoms with Crippen molar-refractivity contribution in [1.29, 1.82) is 0 Å². The van der Waals surface area contributed by atoms with Gasteiger partial charge in [0.2, 0.25) is 5.91 Å². The van der Waals surface area contributed by atoms with Crippen molar-refractivity contribution in [2.45, 2.75) is 6.04 Å². The number of aryl methyl sites for hydroxylation is 1. The molecule has 1 atom stereocenters. The largest absolute Gasteiger partial charge is 0.383 e. The van der Waals surface area contributed by atoms with Crippen molar-refractivity contribution in [2.24, 2.45) is 7.05 Å². The van der Waals surface area contributed by atoms with Gasteiger partial charge in [0.15, 0.2) is 0 Å². The molecule has 0 aliphatic rings. The Balaban J connectivity index is 2.78. The summed E-state index contributed by atoms with van der Waals surface area (Å²) >= 11 is 0. The molecule has 0 radical (unpaired) electrons. The van der Waals surface area contributed by atoms with Gasteiger partial charge in [-0.1, -0.05) is 0 Å². The second kappa shape index (κ2) is 8.68. The molecule has 0 aliphatic heterocycles. The van der Waals surface area contributed by atoms with E-state index in [-0.39, 0.29) is 5.91 Å². The van der Waals surface area contributed by atoms with Crippen LogP contribution in [0.3, 0.4) is 0 Å². The Morgan fingerprint density at radius 2 is 2.00 bits per heavy atom. The highest BCUT2D eigenvalue weighted by atomic mass is 16.5. The first-order valence-corrected chi connectivity index (χ1v) is 6.56. The van der Waals surface area contributed by atoms with Gasteiger partial charge in [0.25, 0.3) is 0 Å². The Kier molecular flexibility index (Phi) is 7.21. The van der Waals surface area contributed by atoms with E-state index < -0.39 is 6.04 Å². The summed E-state index contributed by atoms with van der Waals surface area (Å²) in [6, 6.07) is -0.405. The Bertz CT molecular complexity index is 400. The van der Waals surface area contributed by atoms with Crippen LogP contribution in [-0.4, -0.2) is 68.2 Å². The predicted molar refractivity (Wildman–Crippen MR) is 75.3 cm³/mol. The number of hydrogen-bond donors (Lipinski definition) is 1. The fraction of sp³-hybridized carbons (Fsp3) is 0.692. The van der Waals surface area contributed by atoms with Crippen LogP contribution in [0.1, 0.15) is 11.6 Å². The molecule has 1 aromatic heterocycles. The molecule has 114 valence electrons. The first-order chi connectivity index (χ1) is 9.63. The summed E-state index contributed by atoms with van der Waals surface area (Å²) in [5.74, 6) is -0.00500. The lowest BCUT2D eigenvalue weighted by molar-refractivity contribution is -0.134. The molecule has 1 unspecified atom stereocenters. The molecule has 0 aliphatic carbocycles. The second-order valence-electron chi connectivity index (χ2n) is 4.48. The van der Waals surface area contributed by atoms with Gasteiger partial charge in [0, 0.05) is 46.1 Å². The van der Waals surface area contributed by atoms with Gasteiger partial charge in [-0.05, 0) is 7.05 Å². The molecule has 1 rings (SSSR count). The molecular formula is C13H24N4O3. The van der Waals surface area contributed by atoms with Crippen LogP contribution in [0.25, 0.3) is 0 Å².